The van der Waals surface area contributed by atoms with Crippen LogP contribution in [0.25, 0.3) is 0 Å². The second kappa shape index (κ2) is 6.33. The Kier molecular flexibility index (Phi) is 4.50. The molecule has 94 valence electrons. The fourth-order valence-corrected chi connectivity index (χ4v) is 2.67. The van der Waals surface area contributed by atoms with Gasteiger partial charge in [-0.1, -0.05) is 30.3 Å². The predicted octanol–water partition coefficient (Wildman–Crippen LogP) is 2.67. The van der Waals surface area contributed by atoms with Gasteiger partial charge in [0.15, 0.2) is 0 Å². The minimum absolute atomic E-state index is 0.114. The highest BCUT2D eigenvalue weighted by molar-refractivity contribution is 7.12. The van der Waals surface area contributed by atoms with E-state index >= 15 is 0 Å². The second-order valence-electron chi connectivity index (χ2n) is 4.03. The third kappa shape index (κ3) is 3.98. The van der Waals surface area contributed by atoms with Crippen molar-refractivity contribution in [1.82, 2.24) is 5.32 Å². The SMILES string of the molecule is O=C(O)Cc1ccc(CNCc2ccccc2)s1. The van der Waals surface area contributed by atoms with Crippen LogP contribution in [0.5, 0.6) is 0 Å². The Morgan fingerprint density at radius 2 is 1.78 bits per heavy atom. The first-order valence-electron chi connectivity index (χ1n) is 5.78. The summed E-state index contributed by atoms with van der Waals surface area (Å²) >= 11 is 1.55. The van der Waals surface area contributed by atoms with Crippen LogP contribution in [0.15, 0.2) is 42.5 Å². The van der Waals surface area contributed by atoms with Crippen molar-refractivity contribution in [3.8, 4) is 0 Å². The van der Waals surface area contributed by atoms with Crippen molar-refractivity contribution in [2.24, 2.45) is 0 Å². The number of hydrogen-bond donors (Lipinski definition) is 2. The first kappa shape index (κ1) is 12.8. The molecule has 2 N–H and O–H groups in total. The van der Waals surface area contributed by atoms with Crippen LogP contribution >= 0.6 is 11.3 Å². The molecule has 18 heavy (non-hydrogen) atoms. The molecule has 0 amide bonds. The van der Waals surface area contributed by atoms with Gasteiger partial charge in [-0.25, -0.2) is 0 Å². The number of carboxylic acids is 1. The first-order valence-corrected chi connectivity index (χ1v) is 6.60. The van der Waals surface area contributed by atoms with E-state index in [1.807, 2.05) is 30.3 Å². The van der Waals surface area contributed by atoms with Crippen LogP contribution in [-0.2, 0) is 24.3 Å². The zero-order chi connectivity index (χ0) is 12.8. The average Bonchev–Trinajstić information content (AvgIpc) is 2.77. The van der Waals surface area contributed by atoms with Crippen LogP contribution in [0.4, 0.5) is 0 Å². The summed E-state index contributed by atoms with van der Waals surface area (Å²) in [5, 5.41) is 12.0. The second-order valence-corrected chi connectivity index (χ2v) is 5.28. The van der Waals surface area contributed by atoms with Crippen molar-refractivity contribution in [2.45, 2.75) is 19.5 Å². The molecular weight excluding hydrogens is 246 g/mol. The van der Waals surface area contributed by atoms with Crippen LogP contribution in [0.3, 0.4) is 0 Å². The van der Waals surface area contributed by atoms with Gasteiger partial charge in [0.25, 0.3) is 0 Å². The van der Waals surface area contributed by atoms with Crippen LogP contribution in [0.2, 0.25) is 0 Å². The van der Waals surface area contributed by atoms with Crippen molar-refractivity contribution >= 4 is 17.3 Å². The lowest BCUT2D eigenvalue weighted by atomic mass is 10.2. The predicted molar refractivity (Wildman–Crippen MR) is 72.6 cm³/mol. The van der Waals surface area contributed by atoms with Crippen LogP contribution in [0.1, 0.15) is 15.3 Å². The fraction of sp³-hybridized carbons (Fsp3) is 0.214. The van der Waals surface area contributed by atoms with Gasteiger partial charge >= 0.3 is 5.97 Å². The maximum absolute atomic E-state index is 10.6. The minimum atomic E-state index is -0.777. The topological polar surface area (TPSA) is 49.3 Å². The van der Waals surface area contributed by atoms with Crippen molar-refractivity contribution < 1.29 is 9.90 Å². The molecule has 0 aliphatic carbocycles. The molecule has 0 atom stereocenters. The molecule has 0 aliphatic rings. The number of aliphatic carboxylic acids is 1. The van der Waals surface area contributed by atoms with E-state index in [0.29, 0.717) is 0 Å². The summed E-state index contributed by atoms with van der Waals surface area (Å²) in [5.41, 5.74) is 1.25. The van der Waals surface area contributed by atoms with Gasteiger partial charge in [0.1, 0.15) is 0 Å². The lowest BCUT2D eigenvalue weighted by molar-refractivity contribution is -0.136. The summed E-state index contributed by atoms with van der Waals surface area (Å²) in [6.07, 6.45) is 0.114. The Hall–Kier alpha value is -1.65. The molecule has 0 fully saturated rings. The van der Waals surface area contributed by atoms with Gasteiger partial charge in [-0.2, -0.15) is 0 Å². The Labute approximate surface area is 110 Å². The molecular formula is C14H15NO2S. The molecule has 1 aromatic heterocycles. The molecule has 1 aromatic carbocycles. The van der Waals surface area contributed by atoms with Gasteiger partial charge < -0.3 is 10.4 Å². The van der Waals surface area contributed by atoms with E-state index in [9.17, 15) is 4.79 Å². The Bertz CT molecular complexity index is 508. The normalized spacial score (nSPS) is 10.4. The third-order valence-electron chi connectivity index (χ3n) is 2.51. The van der Waals surface area contributed by atoms with E-state index in [1.165, 1.54) is 10.4 Å². The van der Waals surface area contributed by atoms with Crippen molar-refractivity contribution in [1.29, 1.82) is 0 Å². The number of benzene rings is 1. The Balaban J connectivity index is 1.80. The summed E-state index contributed by atoms with van der Waals surface area (Å²) in [6, 6.07) is 14.1. The zero-order valence-corrected chi connectivity index (χ0v) is 10.7. The van der Waals surface area contributed by atoms with Crippen LogP contribution in [-0.4, -0.2) is 11.1 Å². The van der Waals surface area contributed by atoms with Gasteiger partial charge in [0, 0.05) is 22.8 Å². The molecule has 0 unspecified atom stereocenters. The molecule has 4 heteroatoms. The average molecular weight is 261 g/mol. The van der Waals surface area contributed by atoms with E-state index in [0.717, 1.165) is 18.0 Å². The minimum Gasteiger partial charge on any atom is -0.481 e. The van der Waals surface area contributed by atoms with E-state index in [2.05, 4.69) is 17.4 Å². The standard InChI is InChI=1S/C14H15NO2S/c16-14(17)8-12-6-7-13(18-12)10-15-9-11-4-2-1-3-5-11/h1-7,15H,8-10H2,(H,16,17). The lowest BCUT2D eigenvalue weighted by Crippen LogP contribution is -2.11. The largest absolute Gasteiger partial charge is 0.481 e. The highest BCUT2D eigenvalue weighted by Gasteiger charge is 2.04. The van der Waals surface area contributed by atoms with E-state index in [1.54, 1.807) is 11.3 Å². The highest BCUT2D eigenvalue weighted by atomic mass is 32.1. The van der Waals surface area contributed by atoms with Crippen LogP contribution in [0, 0.1) is 0 Å². The Morgan fingerprint density at radius 1 is 1.06 bits per heavy atom. The smallest absolute Gasteiger partial charge is 0.308 e. The maximum Gasteiger partial charge on any atom is 0.308 e. The molecule has 0 aliphatic heterocycles. The molecule has 0 radical (unpaired) electrons. The molecule has 2 aromatic rings. The summed E-state index contributed by atoms with van der Waals surface area (Å²) in [5.74, 6) is -0.777. The molecule has 0 saturated carbocycles. The van der Waals surface area contributed by atoms with E-state index in [4.69, 9.17) is 5.11 Å². The van der Waals surface area contributed by atoms with Gasteiger partial charge in [-0.3, -0.25) is 4.79 Å². The molecule has 0 bridgehead atoms. The van der Waals surface area contributed by atoms with Crippen molar-refractivity contribution in [3.05, 3.63) is 57.8 Å². The quantitative estimate of drug-likeness (QED) is 0.840. The molecule has 3 nitrogen and oxygen atoms in total. The number of hydrogen-bond acceptors (Lipinski definition) is 3. The summed E-state index contributed by atoms with van der Waals surface area (Å²) in [6.45, 7) is 1.60. The highest BCUT2D eigenvalue weighted by Crippen LogP contribution is 2.17. The van der Waals surface area contributed by atoms with Crippen molar-refractivity contribution in [3.63, 3.8) is 0 Å². The summed E-state index contributed by atoms with van der Waals surface area (Å²) in [4.78, 5) is 12.6. The van der Waals surface area contributed by atoms with E-state index in [-0.39, 0.29) is 6.42 Å². The zero-order valence-electron chi connectivity index (χ0n) is 9.93. The summed E-state index contributed by atoms with van der Waals surface area (Å²) in [7, 11) is 0. The van der Waals surface area contributed by atoms with Gasteiger partial charge in [0.2, 0.25) is 0 Å². The number of thiophene rings is 1. The molecule has 0 saturated heterocycles. The van der Waals surface area contributed by atoms with Crippen LogP contribution < -0.4 is 5.32 Å². The third-order valence-corrected chi connectivity index (χ3v) is 3.60. The van der Waals surface area contributed by atoms with E-state index < -0.39 is 5.97 Å². The van der Waals surface area contributed by atoms with Gasteiger partial charge in [-0.15, -0.1) is 11.3 Å². The fourth-order valence-electron chi connectivity index (χ4n) is 1.69. The molecule has 0 spiro atoms. The summed E-state index contributed by atoms with van der Waals surface area (Å²) < 4.78 is 0. The van der Waals surface area contributed by atoms with Crippen molar-refractivity contribution in [2.75, 3.05) is 0 Å². The first-order chi connectivity index (χ1) is 8.74. The number of nitrogens with one attached hydrogen (secondary N) is 1. The number of carboxylic acid groups (broad SMARTS) is 1. The Morgan fingerprint density at radius 3 is 2.50 bits per heavy atom. The molecule has 2 rings (SSSR count). The maximum atomic E-state index is 10.6. The van der Waals surface area contributed by atoms with Gasteiger partial charge in [0.05, 0.1) is 6.42 Å². The molecule has 1 heterocycles. The number of carbonyl (C=O) groups is 1. The lowest BCUT2D eigenvalue weighted by Gasteiger charge is -2.02. The number of rotatable bonds is 6. The monoisotopic (exact) mass is 261 g/mol. The van der Waals surface area contributed by atoms with Gasteiger partial charge in [-0.05, 0) is 17.7 Å².